The van der Waals surface area contributed by atoms with E-state index in [0.29, 0.717) is 19.7 Å². The summed E-state index contributed by atoms with van der Waals surface area (Å²) < 4.78 is 7.98. The molecule has 5 nitrogen and oxygen atoms in total. The molecule has 0 unspecified atom stereocenters. The van der Waals surface area contributed by atoms with Crippen LogP contribution in [-0.2, 0) is 0 Å². The second-order valence-corrected chi connectivity index (χ2v) is 8.62. The van der Waals surface area contributed by atoms with Gasteiger partial charge in [-0.2, -0.15) is 5.10 Å². The highest BCUT2D eigenvalue weighted by Gasteiger charge is 2.14. The Bertz CT molecular complexity index is 1020. The quantitative estimate of drug-likeness (QED) is 0.224. The fraction of sp³-hybridized carbons (Fsp3) is 0. The van der Waals surface area contributed by atoms with Gasteiger partial charge in [0.1, 0.15) is 11.3 Å². The van der Waals surface area contributed by atoms with Gasteiger partial charge in [-0.15, -0.1) is 0 Å². The van der Waals surface area contributed by atoms with Crippen molar-refractivity contribution in [3.63, 3.8) is 0 Å². The maximum Gasteiger partial charge on any atom is 0.307 e. The molecule has 0 bridgehead atoms. The number of phenolic OH excluding ortho intramolecular Hbond substituents is 1. The minimum Gasteiger partial charge on any atom is -0.506 e. The number of halogens is 4. The third-order valence-electron chi connectivity index (χ3n) is 3.19. The number of furan rings is 1. The summed E-state index contributed by atoms with van der Waals surface area (Å²) in [7, 11) is 0. The molecule has 1 aromatic heterocycles. The molecule has 3 aromatic rings. The van der Waals surface area contributed by atoms with Gasteiger partial charge < -0.3 is 9.52 Å². The number of hydrazone groups is 1. The van der Waals surface area contributed by atoms with E-state index in [2.05, 4.69) is 49.0 Å². The first-order valence-corrected chi connectivity index (χ1v) is 10.1. The summed E-state index contributed by atoms with van der Waals surface area (Å²) in [6.45, 7) is 0. The number of carbonyl (C=O) groups excluding carboxylic acids is 1. The molecule has 0 atom stereocenters. The largest absolute Gasteiger partial charge is 0.506 e. The number of benzene rings is 2. The standard InChI is InChI=1S/C16H8BrClI2N2O3/c17-9-1-7-3-13(25-15(7)12(20)4-9)16(24)22-21-6-8-2-10(18)5-11(19)14(8)23/h1-6,23H,(H,22,24)/b21-6-. The molecule has 128 valence electrons. The smallest absolute Gasteiger partial charge is 0.307 e. The Labute approximate surface area is 183 Å². The van der Waals surface area contributed by atoms with Crippen molar-refractivity contribution in [3.8, 4) is 5.75 Å². The van der Waals surface area contributed by atoms with Crippen molar-refractivity contribution in [1.29, 1.82) is 0 Å². The molecule has 0 radical (unpaired) electrons. The number of carbonyl (C=O) groups is 1. The number of nitrogens with one attached hydrogen (secondary N) is 1. The summed E-state index contributed by atoms with van der Waals surface area (Å²) in [6.07, 6.45) is 1.32. The monoisotopic (exact) mass is 644 g/mol. The molecule has 25 heavy (non-hydrogen) atoms. The maximum absolute atomic E-state index is 12.2. The molecular weight excluding hydrogens is 637 g/mol. The van der Waals surface area contributed by atoms with Crippen LogP contribution in [0.15, 0.2) is 44.3 Å². The van der Waals surface area contributed by atoms with Gasteiger partial charge in [-0.1, -0.05) is 27.5 Å². The Balaban J connectivity index is 1.80. The first-order valence-electron chi connectivity index (χ1n) is 6.75. The molecule has 0 aliphatic carbocycles. The lowest BCUT2D eigenvalue weighted by Crippen LogP contribution is -2.16. The third-order valence-corrected chi connectivity index (χ3v) is 5.49. The maximum atomic E-state index is 12.2. The number of hydrogen-bond donors (Lipinski definition) is 2. The van der Waals surface area contributed by atoms with Gasteiger partial charge in [0.25, 0.3) is 0 Å². The number of aromatic hydroxyl groups is 1. The van der Waals surface area contributed by atoms with Crippen molar-refractivity contribution in [3.05, 3.63) is 58.3 Å². The molecule has 0 saturated carbocycles. The van der Waals surface area contributed by atoms with Crippen LogP contribution in [0, 0.1) is 7.14 Å². The second-order valence-electron chi connectivity index (χ2n) is 4.94. The number of hydrogen-bond acceptors (Lipinski definition) is 4. The van der Waals surface area contributed by atoms with Gasteiger partial charge in [0.05, 0.1) is 13.4 Å². The van der Waals surface area contributed by atoms with Crippen molar-refractivity contribution in [2.45, 2.75) is 0 Å². The first kappa shape index (κ1) is 18.9. The summed E-state index contributed by atoms with van der Waals surface area (Å²) in [6, 6.07) is 8.59. The summed E-state index contributed by atoms with van der Waals surface area (Å²) in [4.78, 5) is 12.2. The topological polar surface area (TPSA) is 74.8 Å². The molecular formula is C16H8BrClI2N2O3. The second kappa shape index (κ2) is 7.80. The molecule has 0 aliphatic heterocycles. The van der Waals surface area contributed by atoms with Gasteiger partial charge in [0.2, 0.25) is 0 Å². The molecule has 2 N–H and O–H groups in total. The predicted molar refractivity (Wildman–Crippen MR) is 118 cm³/mol. The van der Waals surface area contributed by atoms with Crippen molar-refractivity contribution >= 4 is 95.8 Å². The molecule has 0 fully saturated rings. The van der Waals surface area contributed by atoms with Crippen molar-refractivity contribution in [1.82, 2.24) is 5.43 Å². The summed E-state index contributed by atoms with van der Waals surface area (Å²) in [5.41, 5.74) is 3.42. The lowest BCUT2D eigenvalue weighted by Gasteiger charge is -2.02. The molecule has 0 saturated heterocycles. The van der Waals surface area contributed by atoms with Crippen LogP contribution in [0.3, 0.4) is 0 Å². The Morgan fingerprint density at radius 2 is 2.00 bits per heavy atom. The molecule has 9 heteroatoms. The zero-order valence-corrected chi connectivity index (χ0v) is 18.8. The van der Waals surface area contributed by atoms with E-state index in [4.69, 9.17) is 16.0 Å². The number of phenols is 1. The Morgan fingerprint density at radius 3 is 2.76 bits per heavy atom. The van der Waals surface area contributed by atoms with Crippen LogP contribution in [0.4, 0.5) is 0 Å². The fourth-order valence-corrected chi connectivity index (χ4v) is 4.81. The van der Waals surface area contributed by atoms with Crippen LogP contribution >= 0.6 is 72.7 Å². The average Bonchev–Trinajstić information content (AvgIpc) is 2.96. The van der Waals surface area contributed by atoms with Crippen molar-refractivity contribution < 1.29 is 14.3 Å². The molecule has 1 heterocycles. The van der Waals surface area contributed by atoms with Crippen LogP contribution < -0.4 is 5.43 Å². The highest BCUT2D eigenvalue weighted by atomic mass is 127. The molecule has 1 amide bonds. The van der Waals surface area contributed by atoms with E-state index in [9.17, 15) is 9.90 Å². The number of nitrogens with zero attached hydrogens (tertiary/aromatic N) is 1. The van der Waals surface area contributed by atoms with Gasteiger partial charge in [-0.3, -0.25) is 4.79 Å². The fourth-order valence-electron chi connectivity index (χ4n) is 2.09. The highest BCUT2D eigenvalue weighted by Crippen LogP contribution is 2.29. The minimum atomic E-state index is -0.490. The van der Waals surface area contributed by atoms with E-state index < -0.39 is 5.91 Å². The number of amides is 1. The van der Waals surface area contributed by atoms with Crippen LogP contribution in [0.2, 0.25) is 5.02 Å². The Kier molecular flexibility index (Phi) is 5.91. The number of rotatable bonds is 3. The van der Waals surface area contributed by atoms with Crippen LogP contribution in [0.5, 0.6) is 5.75 Å². The predicted octanol–water partition coefficient (Wildman–Crippen LogP) is 5.53. The summed E-state index contributed by atoms with van der Waals surface area (Å²) >= 11 is 13.5. The lowest BCUT2D eigenvalue weighted by atomic mass is 10.2. The molecule has 0 aliphatic rings. The first-order chi connectivity index (χ1) is 11.8. The van der Waals surface area contributed by atoms with Crippen LogP contribution in [-0.4, -0.2) is 17.2 Å². The lowest BCUT2D eigenvalue weighted by molar-refractivity contribution is 0.0929. The third kappa shape index (κ3) is 4.29. The molecule has 2 aromatic carbocycles. The van der Waals surface area contributed by atoms with Gasteiger partial charge >= 0.3 is 5.91 Å². The van der Waals surface area contributed by atoms with Crippen molar-refractivity contribution in [2.75, 3.05) is 0 Å². The van der Waals surface area contributed by atoms with Gasteiger partial charge in [-0.05, 0) is 75.5 Å². The van der Waals surface area contributed by atoms with Crippen LogP contribution in [0.25, 0.3) is 11.0 Å². The Hall–Kier alpha value is -0.850. The van der Waals surface area contributed by atoms with Crippen LogP contribution in [0.1, 0.15) is 16.1 Å². The van der Waals surface area contributed by atoms with E-state index in [1.807, 2.05) is 34.7 Å². The van der Waals surface area contributed by atoms with E-state index >= 15 is 0 Å². The zero-order valence-electron chi connectivity index (χ0n) is 12.2. The van der Waals surface area contributed by atoms with E-state index in [0.717, 1.165) is 13.4 Å². The van der Waals surface area contributed by atoms with Gasteiger partial charge in [-0.25, -0.2) is 5.43 Å². The molecule has 0 spiro atoms. The average molecular weight is 645 g/mol. The summed E-state index contributed by atoms with van der Waals surface area (Å²) in [5, 5.41) is 15.1. The van der Waals surface area contributed by atoms with Crippen molar-refractivity contribution in [2.24, 2.45) is 5.10 Å². The van der Waals surface area contributed by atoms with Gasteiger partial charge in [0, 0.05) is 20.4 Å². The van der Waals surface area contributed by atoms with E-state index in [1.54, 1.807) is 18.2 Å². The summed E-state index contributed by atoms with van der Waals surface area (Å²) in [5.74, 6) is -0.296. The molecule has 3 rings (SSSR count). The normalized spacial score (nSPS) is 11.4. The minimum absolute atomic E-state index is 0.0474. The van der Waals surface area contributed by atoms with E-state index in [1.165, 1.54) is 6.21 Å². The Morgan fingerprint density at radius 1 is 1.24 bits per heavy atom. The van der Waals surface area contributed by atoms with E-state index in [-0.39, 0.29) is 11.5 Å². The zero-order chi connectivity index (χ0) is 18.1. The SMILES string of the molecule is O=C(N/N=C\c1cc(Cl)cc(I)c1O)c1cc2cc(Br)cc(I)c2o1. The highest BCUT2D eigenvalue weighted by molar-refractivity contribution is 14.1. The number of fused-ring (bicyclic) bond motifs is 1. The van der Waals surface area contributed by atoms with Gasteiger partial charge in [0.15, 0.2) is 5.76 Å².